The molecular formula is C14H19NO4. The summed E-state index contributed by atoms with van der Waals surface area (Å²) in [6.45, 7) is 3.97. The number of aliphatic carboxylic acids is 1. The lowest BCUT2D eigenvalue weighted by Crippen LogP contribution is -2.39. The Morgan fingerprint density at radius 3 is 2.53 bits per heavy atom. The maximum Gasteiger partial charge on any atom is 0.323 e. The highest BCUT2D eigenvalue weighted by atomic mass is 16.4. The summed E-state index contributed by atoms with van der Waals surface area (Å²) in [6, 6.07) is 6.41. The van der Waals surface area contributed by atoms with E-state index in [-0.39, 0.29) is 30.5 Å². The van der Waals surface area contributed by atoms with Crippen LogP contribution in [0.1, 0.15) is 19.4 Å². The Morgan fingerprint density at radius 1 is 1.32 bits per heavy atom. The molecule has 0 radical (unpaired) electrons. The van der Waals surface area contributed by atoms with E-state index in [1.165, 1.54) is 17.0 Å². The standard InChI is InChI=1S/C14H19NO4/c1-10(2)8-15(9-14(18)19)13(17)7-11-4-3-5-12(16)6-11/h3-6,10,16H,7-9H2,1-2H3,(H,18,19). The molecule has 5 heteroatoms. The van der Waals surface area contributed by atoms with Crippen molar-refractivity contribution in [2.75, 3.05) is 13.1 Å². The van der Waals surface area contributed by atoms with Crippen LogP contribution >= 0.6 is 0 Å². The third-order valence-corrected chi connectivity index (χ3v) is 2.53. The van der Waals surface area contributed by atoms with Gasteiger partial charge in [-0.2, -0.15) is 0 Å². The number of hydrogen-bond acceptors (Lipinski definition) is 3. The van der Waals surface area contributed by atoms with Gasteiger partial charge in [0.2, 0.25) is 5.91 Å². The Bertz CT molecular complexity index is 457. The summed E-state index contributed by atoms with van der Waals surface area (Å²) in [6.07, 6.45) is 0.0917. The number of phenolic OH excluding ortho intramolecular Hbond substituents is 1. The van der Waals surface area contributed by atoms with E-state index in [1.54, 1.807) is 12.1 Å². The van der Waals surface area contributed by atoms with Crippen molar-refractivity contribution in [1.29, 1.82) is 0 Å². The lowest BCUT2D eigenvalue weighted by molar-refractivity contribution is -0.144. The summed E-state index contributed by atoms with van der Waals surface area (Å²) in [5, 5.41) is 18.2. The Labute approximate surface area is 112 Å². The predicted molar refractivity (Wildman–Crippen MR) is 70.9 cm³/mol. The molecular weight excluding hydrogens is 246 g/mol. The van der Waals surface area contributed by atoms with Crippen LogP contribution in [0.2, 0.25) is 0 Å². The van der Waals surface area contributed by atoms with Crippen molar-refractivity contribution >= 4 is 11.9 Å². The van der Waals surface area contributed by atoms with E-state index in [9.17, 15) is 14.7 Å². The van der Waals surface area contributed by atoms with Gasteiger partial charge in [0.05, 0.1) is 6.42 Å². The van der Waals surface area contributed by atoms with Gasteiger partial charge in [0.1, 0.15) is 12.3 Å². The number of amides is 1. The van der Waals surface area contributed by atoms with Gasteiger partial charge in [0.25, 0.3) is 0 Å². The molecule has 1 aromatic carbocycles. The maximum absolute atomic E-state index is 12.1. The Morgan fingerprint density at radius 2 is 2.00 bits per heavy atom. The van der Waals surface area contributed by atoms with Gasteiger partial charge in [-0.15, -0.1) is 0 Å². The van der Waals surface area contributed by atoms with E-state index in [1.807, 2.05) is 13.8 Å². The highest BCUT2D eigenvalue weighted by Gasteiger charge is 2.18. The van der Waals surface area contributed by atoms with Crippen molar-refractivity contribution in [3.8, 4) is 5.75 Å². The summed E-state index contributed by atoms with van der Waals surface area (Å²) in [5.74, 6) is -0.974. The fourth-order valence-corrected chi connectivity index (χ4v) is 1.81. The van der Waals surface area contributed by atoms with Crippen LogP contribution in [0.5, 0.6) is 5.75 Å². The minimum Gasteiger partial charge on any atom is -0.508 e. The van der Waals surface area contributed by atoms with Crippen LogP contribution in [0.4, 0.5) is 0 Å². The third-order valence-electron chi connectivity index (χ3n) is 2.53. The van der Waals surface area contributed by atoms with Crippen LogP contribution in [0.15, 0.2) is 24.3 Å². The van der Waals surface area contributed by atoms with Crippen molar-refractivity contribution < 1.29 is 19.8 Å². The van der Waals surface area contributed by atoms with E-state index in [2.05, 4.69) is 0 Å². The van der Waals surface area contributed by atoms with Crippen LogP contribution in [0, 0.1) is 5.92 Å². The number of carbonyl (C=O) groups excluding carboxylic acids is 1. The number of carbonyl (C=O) groups is 2. The molecule has 0 atom stereocenters. The second-order valence-electron chi connectivity index (χ2n) is 4.91. The van der Waals surface area contributed by atoms with Crippen molar-refractivity contribution in [2.24, 2.45) is 5.92 Å². The molecule has 0 spiro atoms. The number of nitrogens with zero attached hydrogens (tertiary/aromatic N) is 1. The molecule has 0 saturated heterocycles. The number of aromatic hydroxyl groups is 1. The molecule has 0 aliphatic rings. The monoisotopic (exact) mass is 265 g/mol. The minimum atomic E-state index is -1.02. The maximum atomic E-state index is 12.1. The molecule has 0 fully saturated rings. The number of hydrogen-bond donors (Lipinski definition) is 2. The first kappa shape index (κ1) is 15.0. The number of phenols is 1. The van der Waals surface area contributed by atoms with Crippen molar-refractivity contribution in [3.05, 3.63) is 29.8 Å². The zero-order valence-electron chi connectivity index (χ0n) is 11.2. The van der Waals surface area contributed by atoms with Crippen molar-refractivity contribution in [3.63, 3.8) is 0 Å². The molecule has 0 aromatic heterocycles. The van der Waals surface area contributed by atoms with Gasteiger partial charge in [-0.1, -0.05) is 26.0 Å². The summed E-state index contributed by atoms with van der Waals surface area (Å²) < 4.78 is 0. The van der Waals surface area contributed by atoms with Crippen LogP contribution in [-0.4, -0.2) is 40.1 Å². The first-order valence-corrected chi connectivity index (χ1v) is 6.16. The zero-order chi connectivity index (χ0) is 14.4. The smallest absolute Gasteiger partial charge is 0.323 e. The fourth-order valence-electron chi connectivity index (χ4n) is 1.81. The summed E-state index contributed by atoms with van der Waals surface area (Å²) in [5.41, 5.74) is 0.671. The molecule has 1 aromatic rings. The average molecular weight is 265 g/mol. The first-order valence-electron chi connectivity index (χ1n) is 6.16. The molecule has 5 nitrogen and oxygen atoms in total. The number of rotatable bonds is 6. The van der Waals surface area contributed by atoms with Gasteiger partial charge < -0.3 is 15.1 Å². The van der Waals surface area contributed by atoms with E-state index in [0.717, 1.165) is 0 Å². The predicted octanol–water partition coefficient (Wildman–Crippen LogP) is 1.50. The lowest BCUT2D eigenvalue weighted by Gasteiger charge is -2.22. The van der Waals surface area contributed by atoms with Gasteiger partial charge in [0.15, 0.2) is 0 Å². The highest BCUT2D eigenvalue weighted by Crippen LogP contribution is 2.12. The number of benzene rings is 1. The minimum absolute atomic E-state index is 0.0917. The normalized spacial score (nSPS) is 10.5. The lowest BCUT2D eigenvalue weighted by atomic mass is 10.1. The van der Waals surface area contributed by atoms with E-state index in [0.29, 0.717) is 12.1 Å². The molecule has 0 heterocycles. The Balaban J connectivity index is 2.73. The zero-order valence-corrected chi connectivity index (χ0v) is 11.2. The van der Waals surface area contributed by atoms with Gasteiger partial charge >= 0.3 is 5.97 Å². The Hall–Kier alpha value is -2.04. The van der Waals surface area contributed by atoms with Crippen LogP contribution < -0.4 is 0 Å². The average Bonchev–Trinajstić information content (AvgIpc) is 2.26. The molecule has 1 amide bonds. The van der Waals surface area contributed by atoms with Crippen LogP contribution in [-0.2, 0) is 16.0 Å². The van der Waals surface area contributed by atoms with Crippen LogP contribution in [0.3, 0.4) is 0 Å². The van der Waals surface area contributed by atoms with Gasteiger partial charge in [-0.3, -0.25) is 9.59 Å². The van der Waals surface area contributed by atoms with Crippen molar-refractivity contribution in [2.45, 2.75) is 20.3 Å². The summed E-state index contributed by atoms with van der Waals surface area (Å²) in [4.78, 5) is 24.2. The molecule has 1 rings (SSSR count). The molecule has 0 unspecified atom stereocenters. The van der Waals surface area contributed by atoms with E-state index in [4.69, 9.17) is 5.11 Å². The number of carboxylic acids is 1. The SMILES string of the molecule is CC(C)CN(CC(=O)O)C(=O)Cc1cccc(O)c1. The Kier molecular flexibility index (Phi) is 5.36. The van der Waals surface area contributed by atoms with Crippen molar-refractivity contribution in [1.82, 2.24) is 4.90 Å². The molecule has 104 valence electrons. The number of carboxylic acid groups (broad SMARTS) is 1. The second-order valence-corrected chi connectivity index (χ2v) is 4.91. The molecule has 0 bridgehead atoms. The van der Waals surface area contributed by atoms with Gasteiger partial charge in [-0.25, -0.2) is 0 Å². The van der Waals surface area contributed by atoms with Gasteiger partial charge in [0, 0.05) is 6.54 Å². The highest BCUT2D eigenvalue weighted by molar-refractivity contribution is 5.83. The topological polar surface area (TPSA) is 77.8 Å². The quantitative estimate of drug-likeness (QED) is 0.817. The molecule has 0 saturated carbocycles. The summed E-state index contributed by atoms with van der Waals surface area (Å²) in [7, 11) is 0. The van der Waals surface area contributed by atoms with E-state index < -0.39 is 5.97 Å². The molecule has 0 aliphatic carbocycles. The van der Waals surface area contributed by atoms with Crippen LogP contribution in [0.25, 0.3) is 0 Å². The molecule has 2 N–H and O–H groups in total. The summed E-state index contributed by atoms with van der Waals surface area (Å²) >= 11 is 0. The second kappa shape index (κ2) is 6.78. The largest absolute Gasteiger partial charge is 0.508 e. The molecule has 19 heavy (non-hydrogen) atoms. The van der Waals surface area contributed by atoms with E-state index >= 15 is 0 Å². The third kappa shape index (κ3) is 5.42. The van der Waals surface area contributed by atoms with Gasteiger partial charge in [-0.05, 0) is 23.6 Å². The first-order chi connectivity index (χ1) is 8.88. The fraction of sp³-hybridized carbons (Fsp3) is 0.429. The molecule has 0 aliphatic heterocycles.